The number of nitrogens with one attached hydrogen (secondary N) is 1. The molecular formula is C24H23NO5. The number of hydrogen-bond acceptors (Lipinski definition) is 5. The van der Waals surface area contributed by atoms with Gasteiger partial charge in [-0.3, -0.25) is 4.79 Å². The fourth-order valence-corrected chi connectivity index (χ4v) is 2.93. The van der Waals surface area contributed by atoms with Crippen LogP contribution in [0.15, 0.2) is 72.8 Å². The number of ether oxygens (including phenoxy) is 3. The SMILES string of the molecule is CCOc1ccc(C(=O)OCC(=O)Nc2ccccc2-c2ccccc2)cc1OC. The van der Waals surface area contributed by atoms with Crippen molar-refractivity contribution >= 4 is 17.6 Å². The van der Waals surface area contributed by atoms with Crippen LogP contribution < -0.4 is 14.8 Å². The van der Waals surface area contributed by atoms with Gasteiger partial charge in [0, 0.05) is 11.3 Å². The quantitative estimate of drug-likeness (QED) is 0.556. The number of hydrogen-bond donors (Lipinski definition) is 1. The smallest absolute Gasteiger partial charge is 0.338 e. The maximum Gasteiger partial charge on any atom is 0.338 e. The van der Waals surface area contributed by atoms with Crippen molar-refractivity contribution in [3.63, 3.8) is 0 Å². The van der Waals surface area contributed by atoms with E-state index in [-0.39, 0.29) is 5.56 Å². The van der Waals surface area contributed by atoms with Crippen LogP contribution in [0.4, 0.5) is 5.69 Å². The summed E-state index contributed by atoms with van der Waals surface area (Å²) in [6.45, 7) is 1.93. The average Bonchev–Trinajstić information content (AvgIpc) is 2.79. The highest BCUT2D eigenvalue weighted by Crippen LogP contribution is 2.29. The number of carbonyl (C=O) groups excluding carboxylic acids is 2. The standard InChI is InChI=1S/C24H23NO5/c1-3-29-21-14-13-18(15-22(21)28-2)24(27)30-16-23(26)25-20-12-8-7-11-19(20)17-9-5-4-6-10-17/h4-15H,3,16H2,1-2H3,(H,25,26). The number of anilines is 1. The highest BCUT2D eigenvalue weighted by molar-refractivity contribution is 5.98. The molecule has 0 spiro atoms. The molecule has 0 aliphatic heterocycles. The van der Waals surface area contributed by atoms with Gasteiger partial charge < -0.3 is 19.5 Å². The van der Waals surface area contributed by atoms with E-state index in [1.165, 1.54) is 13.2 Å². The van der Waals surface area contributed by atoms with Crippen LogP contribution in [0.25, 0.3) is 11.1 Å². The van der Waals surface area contributed by atoms with Crippen LogP contribution in [0.5, 0.6) is 11.5 Å². The number of benzene rings is 3. The Morgan fingerprint density at radius 2 is 1.63 bits per heavy atom. The minimum absolute atomic E-state index is 0.271. The van der Waals surface area contributed by atoms with Crippen molar-refractivity contribution in [2.75, 3.05) is 25.6 Å². The summed E-state index contributed by atoms with van der Waals surface area (Å²) < 4.78 is 15.8. The Kier molecular flexibility index (Phi) is 7.05. The molecule has 3 aromatic rings. The maximum atomic E-state index is 12.4. The van der Waals surface area contributed by atoms with Crippen LogP contribution >= 0.6 is 0 Å². The first-order chi connectivity index (χ1) is 14.6. The number of para-hydroxylation sites is 1. The fourth-order valence-electron chi connectivity index (χ4n) is 2.93. The minimum Gasteiger partial charge on any atom is -0.493 e. The van der Waals surface area contributed by atoms with Crippen LogP contribution in [0, 0.1) is 0 Å². The molecule has 0 aromatic heterocycles. The molecule has 6 nitrogen and oxygen atoms in total. The Morgan fingerprint density at radius 1 is 0.900 bits per heavy atom. The molecule has 0 heterocycles. The molecule has 0 aliphatic carbocycles. The number of methoxy groups -OCH3 is 1. The lowest BCUT2D eigenvalue weighted by Crippen LogP contribution is -2.21. The molecule has 0 bridgehead atoms. The Morgan fingerprint density at radius 3 is 2.37 bits per heavy atom. The summed E-state index contributed by atoms with van der Waals surface area (Å²) in [6.07, 6.45) is 0. The lowest BCUT2D eigenvalue weighted by Gasteiger charge is -2.12. The van der Waals surface area contributed by atoms with Gasteiger partial charge in [0.25, 0.3) is 5.91 Å². The zero-order chi connectivity index (χ0) is 21.3. The minimum atomic E-state index is -0.622. The van der Waals surface area contributed by atoms with Crippen molar-refractivity contribution in [1.82, 2.24) is 0 Å². The molecule has 0 radical (unpaired) electrons. The van der Waals surface area contributed by atoms with Crippen LogP contribution in [-0.2, 0) is 9.53 Å². The number of rotatable bonds is 8. The molecule has 3 aromatic carbocycles. The van der Waals surface area contributed by atoms with Crippen molar-refractivity contribution in [2.45, 2.75) is 6.92 Å². The van der Waals surface area contributed by atoms with E-state index < -0.39 is 18.5 Å². The van der Waals surface area contributed by atoms with Crippen molar-refractivity contribution in [2.24, 2.45) is 0 Å². The van der Waals surface area contributed by atoms with Gasteiger partial charge in [0.2, 0.25) is 0 Å². The van der Waals surface area contributed by atoms with Gasteiger partial charge in [-0.2, -0.15) is 0 Å². The third-order valence-electron chi connectivity index (χ3n) is 4.32. The second-order valence-corrected chi connectivity index (χ2v) is 6.33. The van der Waals surface area contributed by atoms with Crippen molar-refractivity contribution < 1.29 is 23.8 Å². The topological polar surface area (TPSA) is 73.9 Å². The summed E-state index contributed by atoms with van der Waals surface area (Å²) in [6, 6.07) is 21.9. The molecule has 0 aliphatic rings. The van der Waals surface area contributed by atoms with Gasteiger partial charge in [0.05, 0.1) is 19.3 Å². The summed E-state index contributed by atoms with van der Waals surface area (Å²) in [5, 5.41) is 2.80. The van der Waals surface area contributed by atoms with E-state index in [1.54, 1.807) is 18.2 Å². The van der Waals surface area contributed by atoms with Crippen molar-refractivity contribution in [3.05, 3.63) is 78.4 Å². The summed E-state index contributed by atoms with van der Waals surface area (Å²) in [5.41, 5.74) is 2.78. The summed E-state index contributed by atoms with van der Waals surface area (Å²) >= 11 is 0. The van der Waals surface area contributed by atoms with Gasteiger partial charge in [-0.25, -0.2) is 4.79 Å². The Labute approximate surface area is 175 Å². The number of amides is 1. The van der Waals surface area contributed by atoms with Gasteiger partial charge in [-0.1, -0.05) is 48.5 Å². The monoisotopic (exact) mass is 405 g/mol. The van der Waals surface area contributed by atoms with E-state index >= 15 is 0 Å². The van der Waals surface area contributed by atoms with E-state index in [0.717, 1.165) is 11.1 Å². The van der Waals surface area contributed by atoms with Gasteiger partial charge in [-0.15, -0.1) is 0 Å². The molecule has 0 saturated carbocycles. The summed E-state index contributed by atoms with van der Waals surface area (Å²) in [5.74, 6) is -0.0909. The van der Waals surface area contributed by atoms with Crippen LogP contribution in [0.3, 0.4) is 0 Å². The summed E-state index contributed by atoms with van der Waals surface area (Å²) in [7, 11) is 1.49. The van der Waals surface area contributed by atoms with Crippen molar-refractivity contribution in [3.8, 4) is 22.6 Å². The zero-order valence-electron chi connectivity index (χ0n) is 16.9. The molecule has 6 heteroatoms. The van der Waals surface area contributed by atoms with E-state index in [1.807, 2.05) is 55.5 Å². The molecule has 0 unspecified atom stereocenters. The predicted molar refractivity (Wildman–Crippen MR) is 115 cm³/mol. The Bertz CT molecular complexity index is 1020. The van der Waals surface area contributed by atoms with Gasteiger partial charge >= 0.3 is 5.97 Å². The molecule has 1 amide bonds. The van der Waals surface area contributed by atoms with E-state index in [0.29, 0.717) is 23.8 Å². The second kappa shape index (κ2) is 10.1. The van der Waals surface area contributed by atoms with Crippen LogP contribution in [0.2, 0.25) is 0 Å². The van der Waals surface area contributed by atoms with E-state index in [2.05, 4.69) is 5.32 Å². The van der Waals surface area contributed by atoms with Crippen molar-refractivity contribution in [1.29, 1.82) is 0 Å². The van der Waals surface area contributed by atoms with Gasteiger partial charge in [-0.05, 0) is 36.8 Å². The molecule has 0 atom stereocenters. The Hall–Kier alpha value is -3.80. The van der Waals surface area contributed by atoms with Gasteiger partial charge in [0.15, 0.2) is 18.1 Å². The highest BCUT2D eigenvalue weighted by atomic mass is 16.5. The molecule has 30 heavy (non-hydrogen) atoms. The highest BCUT2D eigenvalue weighted by Gasteiger charge is 2.15. The number of esters is 1. The first kappa shape index (κ1) is 20.9. The van der Waals surface area contributed by atoms with E-state index in [4.69, 9.17) is 14.2 Å². The molecule has 154 valence electrons. The predicted octanol–water partition coefficient (Wildman–Crippen LogP) is 4.56. The van der Waals surface area contributed by atoms with Crippen LogP contribution in [-0.4, -0.2) is 32.2 Å². The van der Waals surface area contributed by atoms with Gasteiger partial charge in [0.1, 0.15) is 0 Å². The zero-order valence-corrected chi connectivity index (χ0v) is 16.9. The first-order valence-corrected chi connectivity index (χ1v) is 9.54. The normalized spacial score (nSPS) is 10.2. The average molecular weight is 405 g/mol. The first-order valence-electron chi connectivity index (χ1n) is 9.54. The summed E-state index contributed by atoms with van der Waals surface area (Å²) in [4.78, 5) is 24.7. The number of carbonyl (C=O) groups is 2. The lowest BCUT2D eigenvalue weighted by atomic mass is 10.0. The van der Waals surface area contributed by atoms with E-state index in [9.17, 15) is 9.59 Å². The fraction of sp³-hybridized carbons (Fsp3) is 0.167. The lowest BCUT2D eigenvalue weighted by molar-refractivity contribution is -0.119. The molecular weight excluding hydrogens is 382 g/mol. The molecule has 3 rings (SSSR count). The maximum absolute atomic E-state index is 12.4. The van der Waals surface area contributed by atoms with Crippen LogP contribution in [0.1, 0.15) is 17.3 Å². The molecule has 1 N–H and O–H groups in total. The third kappa shape index (κ3) is 5.17. The molecule has 0 saturated heterocycles. The third-order valence-corrected chi connectivity index (χ3v) is 4.32. The largest absolute Gasteiger partial charge is 0.493 e. The second-order valence-electron chi connectivity index (χ2n) is 6.33. The molecule has 0 fully saturated rings. The Balaban J connectivity index is 1.64.